The van der Waals surface area contributed by atoms with Gasteiger partial charge in [-0.15, -0.1) is 11.8 Å². The number of halogens is 2. The van der Waals surface area contributed by atoms with Gasteiger partial charge in [-0.25, -0.2) is 14.4 Å². The number of thioether (sulfide) groups is 1. The molecule has 1 unspecified atom stereocenters. The fourth-order valence-corrected chi connectivity index (χ4v) is 3.04. The second-order valence-electron chi connectivity index (χ2n) is 4.14. The van der Waals surface area contributed by atoms with Crippen LogP contribution >= 0.6 is 23.4 Å². The summed E-state index contributed by atoms with van der Waals surface area (Å²) in [5.41, 5.74) is 0.238. The molecule has 0 saturated heterocycles. The third kappa shape index (κ3) is 2.40. The van der Waals surface area contributed by atoms with E-state index in [0.29, 0.717) is 11.6 Å². The molecule has 1 aliphatic heterocycles. The Kier molecular flexibility index (Phi) is 3.33. The van der Waals surface area contributed by atoms with Crippen LogP contribution in [0.1, 0.15) is 17.6 Å². The van der Waals surface area contributed by atoms with Gasteiger partial charge in [0.15, 0.2) is 22.9 Å². The molecule has 0 saturated carbocycles. The molecule has 6 heteroatoms. The molecule has 1 aromatic carbocycles. The van der Waals surface area contributed by atoms with Crippen LogP contribution in [0.25, 0.3) is 0 Å². The summed E-state index contributed by atoms with van der Waals surface area (Å²) in [6.45, 7) is 1.57. The number of aryl methyl sites for hydroxylation is 1. The van der Waals surface area contributed by atoms with Gasteiger partial charge in [-0.2, -0.15) is 0 Å². The number of fused-ring (bicyclic) bond motifs is 1. The summed E-state index contributed by atoms with van der Waals surface area (Å²) in [5, 5.41) is -0.157. The van der Waals surface area contributed by atoms with E-state index in [2.05, 4.69) is 9.97 Å². The van der Waals surface area contributed by atoms with Crippen LogP contribution < -0.4 is 4.74 Å². The van der Waals surface area contributed by atoms with E-state index in [1.165, 1.54) is 0 Å². The summed E-state index contributed by atoms with van der Waals surface area (Å²) >= 11 is 7.42. The Morgan fingerprint density at radius 3 is 2.95 bits per heavy atom. The molecule has 0 radical (unpaired) electrons. The normalized spacial score (nSPS) is 17.7. The van der Waals surface area contributed by atoms with Crippen molar-refractivity contribution in [3.05, 3.63) is 46.8 Å². The summed E-state index contributed by atoms with van der Waals surface area (Å²) in [5.74, 6) is 1.32. The van der Waals surface area contributed by atoms with E-state index in [1.807, 2.05) is 24.3 Å². The third-order valence-corrected chi connectivity index (χ3v) is 4.16. The maximum atomic E-state index is 13.4. The molecule has 0 amide bonds. The van der Waals surface area contributed by atoms with Crippen molar-refractivity contribution in [1.82, 2.24) is 9.97 Å². The van der Waals surface area contributed by atoms with Gasteiger partial charge in [0.1, 0.15) is 5.75 Å². The predicted molar refractivity (Wildman–Crippen MR) is 72.3 cm³/mol. The Morgan fingerprint density at radius 2 is 2.16 bits per heavy atom. The van der Waals surface area contributed by atoms with Gasteiger partial charge >= 0.3 is 0 Å². The molecule has 1 aromatic heterocycles. The zero-order chi connectivity index (χ0) is 13.4. The molecular weight excluding hydrogens is 287 g/mol. The lowest BCUT2D eigenvalue weighted by Crippen LogP contribution is -2.18. The van der Waals surface area contributed by atoms with Crippen molar-refractivity contribution in [2.45, 2.75) is 17.9 Å². The largest absolute Gasteiger partial charge is 0.480 e. The van der Waals surface area contributed by atoms with E-state index in [4.69, 9.17) is 16.3 Å². The first-order valence-corrected chi connectivity index (χ1v) is 7.09. The second kappa shape index (κ2) is 4.98. The molecule has 0 spiro atoms. The van der Waals surface area contributed by atoms with E-state index in [0.717, 1.165) is 10.6 Å². The van der Waals surface area contributed by atoms with Gasteiger partial charge in [0.25, 0.3) is 0 Å². The first kappa shape index (κ1) is 12.7. The Labute approximate surface area is 119 Å². The molecule has 0 fully saturated rings. The maximum Gasteiger partial charge on any atom is 0.181 e. The number of hydrogen-bond acceptors (Lipinski definition) is 4. The van der Waals surface area contributed by atoms with Crippen LogP contribution in [0.2, 0.25) is 5.15 Å². The van der Waals surface area contributed by atoms with Crippen molar-refractivity contribution in [2.24, 2.45) is 0 Å². The summed E-state index contributed by atoms with van der Waals surface area (Å²) in [7, 11) is 0. The molecular formula is C13H10ClFN2OS. The van der Waals surface area contributed by atoms with Crippen LogP contribution in [0.3, 0.4) is 0 Å². The van der Waals surface area contributed by atoms with E-state index in [9.17, 15) is 4.39 Å². The van der Waals surface area contributed by atoms with Gasteiger partial charge in [0.05, 0.1) is 5.69 Å². The number of benzene rings is 1. The average molecular weight is 297 g/mol. The Bertz CT molecular complexity index is 615. The fraction of sp³-hybridized carbons (Fsp3) is 0.231. The molecule has 1 aliphatic rings. The van der Waals surface area contributed by atoms with Crippen molar-refractivity contribution in [3.63, 3.8) is 0 Å². The topological polar surface area (TPSA) is 35.0 Å². The molecule has 0 bridgehead atoms. The van der Waals surface area contributed by atoms with Crippen LogP contribution in [-0.2, 0) is 0 Å². The number of hydrogen-bond donors (Lipinski definition) is 0. The Hall–Kier alpha value is -1.33. The molecule has 3 nitrogen and oxygen atoms in total. The van der Waals surface area contributed by atoms with Crippen LogP contribution in [0.5, 0.6) is 5.75 Å². The summed E-state index contributed by atoms with van der Waals surface area (Å²) < 4.78 is 19.3. The van der Waals surface area contributed by atoms with Gasteiger partial charge in [-0.3, -0.25) is 0 Å². The van der Waals surface area contributed by atoms with E-state index >= 15 is 0 Å². The van der Waals surface area contributed by atoms with Crippen LogP contribution in [-0.4, -0.2) is 15.7 Å². The maximum absolute atomic E-state index is 13.4. The van der Waals surface area contributed by atoms with E-state index < -0.39 is 5.82 Å². The Morgan fingerprint density at radius 1 is 1.37 bits per heavy atom. The highest BCUT2D eigenvalue weighted by molar-refractivity contribution is 7.99. The molecule has 0 N–H and O–H groups in total. The van der Waals surface area contributed by atoms with Gasteiger partial charge in [0.2, 0.25) is 0 Å². The molecule has 2 aromatic rings. The fourth-order valence-electron chi connectivity index (χ4n) is 1.84. The SMILES string of the molecule is Cc1nc(C2CSc3ccccc3O2)nc(Cl)c1F. The van der Waals surface area contributed by atoms with Gasteiger partial charge in [0, 0.05) is 10.6 Å². The molecule has 98 valence electrons. The van der Waals surface area contributed by atoms with Crippen LogP contribution in [0, 0.1) is 12.7 Å². The Balaban J connectivity index is 1.93. The molecule has 19 heavy (non-hydrogen) atoms. The number of aromatic nitrogens is 2. The van der Waals surface area contributed by atoms with Gasteiger partial charge < -0.3 is 4.74 Å². The summed E-state index contributed by atoms with van der Waals surface area (Å²) in [4.78, 5) is 9.18. The standard InChI is InChI=1S/C13H10ClFN2OS/c1-7-11(15)12(14)17-13(16-7)9-6-19-10-5-3-2-4-8(10)18-9/h2-5,9H,6H2,1H3. The molecule has 3 rings (SSSR count). The van der Waals surface area contributed by atoms with Crippen molar-refractivity contribution in [3.8, 4) is 5.75 Å². The smallest absolute Gasteiger partial charge is 0.181 e. The van der Waals surface area contributed by atoms with E-state index in [-0.39, 0.29) is 17.0 Å². The minimum Gasteiger partial charge on any atom is -0.480 e. The number of para-hydroxylation sites is 1. The average Bonchev–Trinajstić information content (AvgIpc) is 2.43. The van der Waals surface area contributed by atoms with Crippen LogP contribution in [0.15, 0.2) is 29.2 Å². The lowest BCUT2D eigenvalue weighted by atomic mass is 10.3. The zero-order valence-corrected chi connectivity index (χ0v) is 11.6. The highest BCUT2D eigenvalue weighted by atomic mass is 35.5. The van der Waals surface area contributed by atoms with Crippen molar-refractivity contribution in [1.29, 1.82) is 0 Å². The lowest BCUT2D eigenvalue weighted by molar-refractivity contribution is 0.209. The van der Waals surface area contributed by atoms with Crippen molar-refractivity contribution in [2.75, 3.05) is 5.75 Å². The van der Waals surface area contributed by atoms with Gasteiger partial charge in [-0.05, 0) is 19.1 Å². The highest BCUT2D eigenvalue weighted by Crippen LogP contribution is 2.39. The number of rotatable bonds is 1. The first-order chi connectivity index (χ1) is 9.15. The first-order valence-electron chi connectivity index (χ1n) is 5.73. The van der Waals surface area contributed by atoms with Crippen LogP contribution in [0.4, 0.5) is 4.39 Å². The third-order valence-electron chi connectivity index (χ3n) is 2.79. The molecule has 1 atom stereocenters. The minimum atomic E-state index is -0.575. The molecule has 0 aliphatic carbocycles. The number of nitrogens with zero attached hydrogens (tertiary/aromatic N) is 2. The van der Waals surface area contributed by atoms with E-state index in [1.54, 1.807) is 18.7 Å². The van der Waals surface area contributed by atoms with Gasteiger partial charge in [-0.1, -0.05) is 23.7 Å². The predicted octanol–water partition coefficient (Wildman–Crippen LogP) is 3.80. The second-order valence-corrected chi connectivity index (χ2v) is 5.56. The summed E-state index contributed by atoms with van der Waals surface area (Å²) in [6.07, 6.45) is -0.309. The minimum absolute atomic E-state index is 0.157. The highest BCUT2D eigenvalue weighted by Gasteiger charge is 2.25. The molecule has 2 heterocycles. The monoisotopic (exact) mass is 296 g/mol. The number of ether oxygens (including phenoxy) is 1. The lowest BCUT2D eigenvalue weighted by Gasteiger charge is -2.24. The zero-order valence-electron chi connectivity index (χ0n) is 10.1. The van der Waals surface area contributed by atoms with Crippen molar-refractivity contribution < 1.29 is 9.13 Å². The van der Waals surface area contributed by atoms with Crippen molar-refractivity contribution >= 4 is 23.4 Å². The summed E-state index contributed by atoms with van der Waals surface area (Å²) in [6, 6.07) is 7.77. The quantitative estimate of drug-likeness (QED) is 0.750.